The fraction of sp³-hybridized carbons (Fsp3) is 0.381. The van der Waals surface area contributed by atoms with Crippen LogP contribution in [0.25, 0.3) is 22.3 Å². The molecule has 1 fully saturated rings. The normalized spacial score (nSPS) is 17.7. The van der Waals surface area contributed by atoms with E-state index in [2.05, 4.69) is 12.0 Å². The van der Waals surface area contributed by atoms with Crippen molar-refractivity contribution in [2.24, 2.45) is 13.0 Å². The van der Waals surface area contributed by atoms with Crippen molar-refractivity contribution in [3.8, 4) is 11.3 Å². The minimum absolute atomic E-state index is 0.0947. The van der Waals surface area contributed by atoms with Crippen LogP contribution in [-0.4, -0.2) is 38.7 Å². The van der Waals surface area contributed by atoms with Gasteiger partial charge in [0.25, 0.3) is 5.91 Å². The monoisotopic (exact) mass is 348 g/mol. The second kappa shape index (κ2) is 6.56. The maximum Gasteiger partial charge on any atom is 0.254 e. The van der Waals surface area contributed by atoms with Crippen molar-refractivity contribution in [2.75, 3.05) is 13.1 Å². The second-order valence-corrected chi connectivity index (χ2v) is 7.33. The molecule has 1 saturated heterocycles. The number of benzene rings is 1. The summed E-state index contributed by atoms with van der Waals surface area (Å²) in [7, 11) is 1.88. The number of carbonyl (C=O) groups excluding carboxylic acids is 1. The topological polar surface area (TPSA) is 51.0 Å². The molecule has 1 aliphatic heterocycles. The zero-order chi connectivity index (χ0) is 18.3. The van der Waals surface area contributed by atoms with E-state index in [0.717, 1.165) is 47.5 Å². The van der Waals surface area contributed by atoms with Crippen molar-refractivity contribution < 1.29 is 4.79 Å². The number of amides is 1. The van der Waals surface area contributed by atoms with Crippen LogP contribution in [0.5, 0.6) is 0 Å². The molecule has 3 aromatic rings. The van der Waals surface area contributed by atoms with Crippen molar-refractivity contribution in [3.63, 3.8) is 0 Å². The Hall–Kier alpha value is -2.69. The number of hydrogen-bond donors (Lipinski definition) is 0. The molecule has 1 amide bonds. The minimum atomic E-state index is 0.0947. The molecule has 1 aliphatic rings. The highest BCUT2D eigenvalue weighted by atomic mass is 16.2. The summed E-state index contributed by atoms with van der Waals surface area (Å²) < 4.78 is 1.77. The fourth-order valence-corrected chi connectivity index (χ4v) is 3.91. The van der Waals surface area contributed by atoms with Gasteiger partial charge in [-0.3, -0.25) is 9.48 Å². The molecule has 0 bridgehead atoms. The van der Waals surface area contributed by atoms with Crippen molar-refractivity contribution in [2.45, 2.75) is 26.7 Å². The maximum atomic E-state index is 13.4. The van der Waals surface area contributed by atoms with Gasteiger partial charge in [-0.15, -0.1) is 0 Å². The van der Waals surface area contributed by atoms with Gasteiger partial charge in [0.15, 0.2) is 5.65 Å². The number of carbonyl (C=O) groups is 1. The molecule has 2 aromatic heterocycles. The molecule has 5 nitrogen and oxygen atoms in total. The average molecular weight is 348 g/mol. The second-order valence-electron chi connectivity index (χ2n) is 7.33. The number of rotatable bonds is 2. The van der Waals surface area contributed by atoms with Crippen LogP contribution in [0.3, 0.4) is 0 Å². The summed E-state index contributed by atoms with van der Waals surface area (Å²) in [5.74, 6) is 0.644. The van der Waals surface area contributed by atoms with Gasteiger partial charge in [-0.25, -0.2) is 4.98 Å². The Morgan fingerprint density at radius 3 is 2.73 bits per heavy atom. The minimum Gasteiger partial charge on any atom is -0.338 e. The summed E-state index contributed by atoms with van der Waals surface area (Å²) >= 11 is 0. The molecule has 134 valence electrons. The van der Waals surface area contributed by atoms with Crippen molar-refractivity contribution in [3.05, 3.63) is 47.7 Å². The standard InChI is InChI=1S/C21H24N4O/c1-14-8-7-11-25(13-14)21(26)17-12-18(16-9-5-4-6-10-16)22-20-19(17)15(2)23-24(20)3/h4-6,9-10,12,14H,7-8,11,13H2,1-3H3/t14-/m1/s1. The number of fused-ring (bicyclic) bond motifs is 1. The number of piperidine rings is 1. The van der Waals surface area contributed by atoms with E-state index in [1.807, 2.05) is 55.3 Å². The lowest BCUT2D eigenvalue weighted by Gasteiger charge is -2.31. The van der Waals surface area contributed by atoms with Crippen molar-refractivity contribution >= 4 is 16.9 Å². The number of hydrogen-bond acceptors (Lipinski definition) is 3. The molecule has 0 unspecified atom stereocenters. The van der Waals surface area contributed by atoms with Gasteiger partial charge in [0.1, 0.15) is 0 Å². The lowest BCUT2D eigenvalue weighted by Crippen LogP contribution is -2.39. The molecule has 1 aromatic carbocycles. The first-order chi connectivity index (χ1) is 12.5. The first-order valence-electron chi connectivity index (χ1n) is 9.23. The summed E-state index contributed by atoms with van der Waals surface area (Å²) in [5.41, 5.74) is 4.15. The Balaban J connectivity index is 1.88. The number of aromatic nitrogens is 3. The average Bonchev–Trinajstić information content (AvgIpc) is 2.95. The van der Waals surface area contributed by atoms with E-state index in [-0.39, 0.29) is 5.91 Å². The first-order valence-corrected chi connectivity index (χ1v) is 9.23. The van der Waals surface area contributed by atoms with Crippen LogP contribution in [-0.2, 0) is 7.05 Å². The molecule has 4 rings (SSSR count). The Bertz CT molecular complexity index is 961. The molecule has 1 atom stereocenters. The highest BCUT2D eigenvalue weighted by Crippen LogP contribution is 2.29. The maximum absolute atomic E-state index is 13.4. The summed E-state index contributed by atoms with van der Waals surface area (Å²) in [6.45, 7) is 5.81. The zero-order valence-corrected chi connectivity index (χ0v) is 15.6. The van der Waals surface area contributed by atoms with E-state index < -0.39 is 0 Å². The van der Waals surface area contributed by atoms with Crippen LogP contribution in [0.4, 0.5) is 0 Å². The quantitative estimate of drug-likeness (QED) is 0.707. The van der Waals surface area contributed by atoms with E-state index in [4.69, 9.17) is 4.98 Å². The third-order valence-electron chi connectivity index (χ3n) is 5.21. The molecule has 0 spiro atoms. The summed E-state index contributed by atoms with van der Waals surface area (Å²) in [4.78, 5) is 20.2. The Morgan fingerprint density at radius 1 is 1.23 bits per heavy atom. The molecule has 0 saturated carbocycles. The number of pyridine rings is 1. The van der Waals surface area contributed by atoms with Crippen LogP contribution in [0.15, 0.2) is 36.4 Å². The number of nitrogens with zero attached hydrogens (tertiary/aromatic N) is 4. The highest BCUT2D eigenvalue weighted by Gasteiger charge is 2.26. The largest absolute Gasteiger partial charge is 0.338 e. The third kappa shape index (κ3) is 2.87. The lowest BCUT2D eigenvalue weighted by atomic mass is 9.98. The molecule has 0 aliphatic carbocycles. The van der Waals surface area contributed by atoms with Gasteiger partial charge in [0.2, 0.25) is 0 Å². The smallest absolute Gasteiger partial charge is 0.254 e. The predicted octanol–water partition coefficient (Wildman–Crippen LogP) is 3.82. The van der Waals surface area contributed by atoms with Gasteiger partial charge in [0, 0.05) is 25.7 Å². The van der Waals surface area contributed by atoms with Gasteiger partial charge in [0.05, 0.1) is 22.3 Å². The van der Waals surface area contributed by atoms with Crippen LogP contribution in [0.2, 0.25) is 0 Å². The Morgan fingerprint density at radius 2 is 2.00 bits per heavy atom. The molecule has 5 heteroatoms. The van der Waals surface area contributed by atoms with Crippen LogP contribution < -0.4 is 0 Å². The van der Waals surface area contributed by atoms with E-state index in [9.17, 15) is 4.79 Å². The van der Waals surface area contributed by atoms with Crippen molar-refractivity contribution in [1.29, 1.82) is 0 Å². The molecular weight excluding hydrogens is 324 g/mol. The Kier molecular flexibility index (Phi) is 4.23. The molecular formula is C21H24N4O. The summed E-state index contributed by atoms with van der Waals surface area (Å²) in [6, 6.07) is 11.9. The molecule has 0 radical (unpaired) electrons. The third-order valence-corrected chi connectivity index (χ3v) is 5.21. The van der Waals surface area contributed by atoms with Crippen LogP contribution in [0, 0.1) is 12.8 Å². The zero-order valence-electron chi connectivity index (χ0n) is 15.6. The van der Waals surface area contributed by atoms with E-state index in [0.29, 0.717) is 11.5 Å². The van der Waals surface area contributed by atoms with Gasteiger partial charge in [-0.1, -0.05) is 37.3 Å². The molecule has 3 heterocycles. The van der Waals surface area contributed by atoms with Gasteiger partial charge >= 0.3 is 0 Å². The van der Waals surface area contributed by atoms with Crippen molar-refractivity contribution in [1.82, 2.24) is 19.7 Å². The van der Waals surface area contributed by atoms with E-state index in [1.165, 1.54) is 6.42 Å². The number of likely N-dealkylation sites (tertiary alicyclic amines) is 1. The first kappa shape index (κ1) is 16.8. The predicted molar refractivity (Wildman–Crippen MR) is 103 cm³/mol. The fourth-order valence-electron chi connectivity index (χ4n) is 3.91. The molecule has 26 heavy (non-hydrogen) atoms. The van der Waals surface area contributed by atoms with Crippen LogP contribution >= 0.6 is 0 Å². The van der Waals surface area contributed by atoms with Gasteiger partial charge in [-0.2, -0.15) is 5.10 Å². The molecule has 0 N–H and O–H groups in total. The Labute approximate surface area is 153 Å². The van der Waals surface area contributed by atoms with E-state index >= 15 is 0 Å². The summed E-state index contributed by atoms with van der Waals surface area (Å²) in [5, 5.41) is 5.38. The van der Waals surface area contributed by atoms with Crippen LogP contribution in [0.1, 0.15) is 35.8 Å². The lowest BCUT2D eigenvalue weighted by molar-refractivity contribution is 0.0685. The van der Waals surface area contributed by atoms with Gasteiger partial charge in [-0.05, 0) is 31.7 Å². The highest BCUT2D eigenvalue weighted by molar-refractivity contribution is 6.07. The van der Waals surface area contributed by atoms with Gasteiger partial charge < -0.3 is 4.90 Å². The SMILES string of the molecule is Cc1nn(C)c2nc(-c3ccccc3)cc(C(=O)N3CCC[C@@H](C)C3)c12. The number of aryl methyl sites for hydroxylation is 2. The summed E-state index contributed by atoms with van der Waals surface area (Å²) in [6.07, 6.45) is 2.26. The van der Waals surface area contributed by atoms with E-state index in [1.54, 1.807) is 4.68 Å².